The standard InChI is InChI=1S/C22H23N3O2S/c1-13-9-14(2)11-18(10-13)21-24-25-22(27-21)28-15(3)20(26)23-19-8-7-16-5-4-6-17(16)12-19/h7-12,15H,4-6H2,1-3H3,(H,23,26)/t15-/m1/s1. The van der Waals surface area contributed by atoms with Gasteiger partial charge in [-0.15, -0.1) is 10.2 Å². The van der Waals surface area contributed by atoms with Crippen molar-refractivity contribution in [3.63, 3.8) is 0 Å². The first kappa shape index (κ1) is 18.7. The van der Waals surface area contributed by atoms with E-state index in [9.17, 15) is 4.79 Å². The topological polar surface area (TPSA) is 68.0 Å². The molecule has 6 heteroatoms. The average Bonchev–Trinajstić information content (AvgIpc) is 3.29. The summed E-state index contributed by atoms with van der Waals surface area (Å²) < 4.78 is 5.77. The minimum absolute atomic E-state index is 0.0749. The lowest BCUT2D eigenvalue weighted by molar-refractivity contribution is -0.115. The van der Waals surface area contributed by atoms with Crippen molar-refractivity contribution in [3.8, 4) is 11.5 Å². The van der Waals surface area contributed by atoms with Crippen LogP contribution >= 0.6 is 11.8 Å². The van der Waals surface area contributed by atoms with E-state index in [1.165, 1.54) is 29.3 Å². The molecule has 0 aliphatic heterocycles. The maximum atomic E-state index is 12.6. The van der Waals surface area contributed by atoms with Crippen LogP contribution in [0, 0.1) is 13.8 Å². The number of fused-ring (bicyclic) bond motifs is 1. The smallest absolute Gasteiger partial charge is 0.277 e. The highest BCUT2D eigenvalue weighted by atomic mass is 32.2. The van der Waals surface area contributed by atoms with Gasteiger partial charge in [-0.2, -0.15) is 0 Å². The molecule has 0 radical (unpaired) electrons. The molecule has 1 aliphatic carbocycles. The summed E-state index contributed by atoms with van der Waals surface area (Å²) in [5, 5.41) is 11.3. The van der Waals surface area contributed by atoms with E-state index in [1.54, 1.807) is 0 Å². The third kappa shape index (κ3) is 4.12. The molecule has 1 amide bonds. The molecule has 0 fully saturated rings. The summed E-state index contributed by atoms with van der Waals surface area (Å²) in [7, 11) is 0. The predicted molar refractivity (Wildman–Crippen MR) is 112 cm³/mol. The minimum Gasteiger partial charge on any atom is -0.411 e. The molecular weight excluding hydrogens is 370 g/mol. The Hall–Kier alpha value is -2.60. The van der Waals surface area contributed by atoms with Gasteiger partial charge in [-0.25, -0.2) is 0 Å². The molecule has 28 heavy (non-hydrogen) atoms. The van der Waals surface area contributed by atoms with E-state index in [1.807, 2.05) is 39.0 Å². The zero-order chi connectivity index (χ0) is 19.7. The maximum absolute atomic E-state index is 12.6. The van der Waals surface area contributed by atoms with Crippen LogP contribution in [0.3, 0.4) is 0 Å². The fourth-order valence-corrected chi connectivity index (χ4v) is 4.25. The number of rotatable bonds is 5. The van der Waals surface area contributed by atoms with Crippen molar-refractivity contribution < 1.29 is 9.21 Å². The molecule has 4 rings (SSSR count). The Bertz CT molecular complexity index is 1010. The van der Waals surface area contributed by atoms with E-state index >= 15 is 0 Å². The molecule has 0 saturated heterocycles. The van der Waals surface area contributed by atoms with Gasteiger partial charge in [0.1, 0.15) is 0 Å². The predicted octanol–water partition coefficient (Wildman–Crippen LogP) is 4.96. The molecule has 0 bridgehead atoms. The van der Waals surface area contributed by atoms with Crippen molar-refractivity contribution >= 4 is 23.4 Å². The highest BCUT2D eigenvalue weighted by Gasteiger charge is 2.20. The Balaban J connectivity index is 1.41. The number of carbonyl (C=O) groups excluding carboxylic acids is 1. The largest absolute Gasteiger partial charge is 0.411 e. The molecular formula is C22H23N3O2S. The molecule has 0 unspecified atom stereocenters. The van der Waals surface area contributed by atoms with Crippen molar-refractivity contribution in [3.05, 3.63) is 58.7 Å². The lowest BCUT2D eigenvalue weighted by atomic mass is 10.1. The van der Waals surface area contributed by atoms with Gasteiger partial charge in [0.2, 0.25) is 11.8 Å². The monoisotopic (exact) mass is 393 g/mol. The number of nitrogens with zero attached hydrogens (tertiary/aromatic N) is 2. The van der Waals surface area contributed by atoms with Crippen LogP contribution in [0.15, 0.2) is 46.0 Å². The van der Waals surface area contributed by atoms with Crippen molar-refractivity contribution in [2.24, 2.45) is 0 Å². The molecule has 0 saturated carbocycles. The number of benzene rings is 2. The highest BCUT2D eigenvalue weighted by Crippen LogP contribution is 2.29. The Morgan fingerprint density at radius 1 is 1.07 bits per heavy atom. The van der Waals surface area contributed by atoms with Gasteiger partial charge < -0.3 is 9.73 Å². The first-order valence-corrected chi connectivity index (χ1v) is 10.4. The number of hydrogen-bond acceptors (Lipinski definition) is 5. The van der Waals surface area contributed by atoms with Crippen LogP contribution < -0.4 is 5.32 Å². The zero-order valence-electron chi connectivity index (χ0n) is 16.3. The molecule has 1 atom stereocenters. The average molecular weight is 394 g/mol. The van der Waals surface area contributed by atoms with Crippen LogP contribution in [0.4, 0.5) is 5.69 Å². The summed E-state index contributed by atoms with van der Waals surface area (Å²) in [6.45, 7) is 5.91. The van der Waals surface area contributed by atoms with Gasteiger partial charge in [0.15, 0.2) is 0 Å². The quantitative estimate of drug-likeness (QED) is 0.621. The number of aryl methyl sites for hydroxylation is 4. The van der Waals surface area contributed by atoms with E-state index in [4.69, 9.17) is 4.42 Å². The summed E-state index contributed by atoms with van der Waals surface area (Å²) in [6, 6.07) is 12.3. The fourth-order valence-electron chi connectivity index (χ4n) is 3.57. The second kappa shape index (κ2) is 7.80. The molecule has 1 N–H and O–H groups in total. The van der Waals surface area contributed by atoms with Crippen LogP contribution in [0.25, 0.3) is 11.5 Å². The first-order chi connectivity index (χ1) is 13.5. The summed E-state index contributed by atoms with van der Waals surface area (Å²) in [5.74, 6) is 0.398. The van der Waals surface area contributed by atoms with Crippen LogP contribution in [-0.4, -0.2) is 21.4 Å². The van der Waals surface area contributed by atoms with E-state index in [0.29, 0.717) is 11.1 Å². The molecule has 1 heterocycles. The number of thioether (sulfide) groups is 1. The van der Waals surface area contributed by atoms with Crippen LogP contribution in [0.2, 0.25) is 0 Å². The number of amides is 1. The van der Waals surface area contributed by atoms with Crippen LogP contribution in [-0.2, 0) is 17.6 Å². The number of hydrogen-bond donors (Lipinski definition) is 1. The van der Waals surface area contributed by atoms with E-state index in [2.05, 4.69) is 33.7 Å². The van der Waals surface area contributed by atoms with E-state index in [-0.39, 0.29) is 11.2 Å². The summed E-state index contributed by atoms with van der Waals surface area (Å²) >= 11 is 1.27. The number of nitrogens with one attached hydrogen (secondary N) is 1. The summed E-state index contributed by atoms with van der Waals surface area (Å²) in [6.07, 6.45) is 3.42. The van der Waals surface area contributed by atoms with Gasteiger partial charge >= 0.3 is 0 Å². The minimum atomic E-state index is -0.346. The van der Waals surface area contributed by atoms with Crippen molar-refractivity contribution in [2.75, 3.05) is 5.32 Å². The number of carbonyl (C=O) groups is 1. The Kier molecular flexibility index (Phi) is 5.22. The zero-order valence-corrected chi connectivity index (χ0v) is 17.1. The van der Waals surface area contributed by atoms with E-state index in [0.717, 1.165) is 35.2 Å². The van der Waals surface area contributed by atoms with E-state index < -0.39 is 0 Å². The van der Waals surface area contributed by atoms with Crippen LogP contribution in [0.5, 0.6) is 0 Å². The third-order valence-corrected chi connectivity index (χ3v) is 5.82. The second-order valence-corrected chi connectivity index (χ2v) is 8.63. The van der Waals surface area contributed by atoms with Crippen LogP contribution in [0.1, 0.15) is 35.6 Å². The van der Waals surface area contributed by atoms with Gasteiger partial charge in [0.25, 0.3) is 5.22 Å². The lowest BCUT2D eigenvalue weighted by Crippen LogP contribution is -2.22. The van der Waals surface area contributed by atoms with Gasteiger partial charge in [0.05, 0.1) is 5.25 Å². The third-order valence-electron chi connectivity index (χ3n) is 4.89. The SMILES string of the molecule is Cc1cc(C)cc(-c2nnc(S[C@H](C)C(=O)Nc3ccc4c(c3)CCC4)o2)c1. The Labute approximate surface area is 168 Å². The molecule has 0 spiro atoms. The van der Waals surface area contributed by atoms with Crippen molar-refractivity contribution in [2.45, 2.75) is 50.5 Å². The number of aromatic nitrogens is 2. The first-order valence-electron chi connectivity index (χ1n) is 9.49. The van der Waals surface area contributed by atoms with Gasteiger partial charge in [-0.3, -0.25) is 4.79 Å². The molecule has 5 nitrogen and oxygen atoms in total. The molecule has 1 aliphatic rings. The fraction of sp³-hybridized carbons (Fsp3) is 0.318. The van der Waals surface area contributed by atoms with Gasteiger partial charge in [-0.1, -0.05) is 35.0 Å². The Morgan fingerprint density at radius 2 is 1.82 bits per heavy atom. The molecule has 3 aromatic rings. The normalized spacial score (nSPS) is 14.0. The van der Waals surface area contributed by atoms with Gasteiger partial charge in [0, 0.05) is 11.3 Å². The van der Waals surface area contributed by atoms with Crippen molar-refractivity contribution in [1.82, 2.24) is 10.2 Å². The molecule has 2 aromatic carbocycles. The Morgan fingerprint density at radius 3 is 2.61 bits per heavy atom. The summed E-state index contributed by atoms with van der Waals surface area (Å²) in [5.41, 5.74) is 6.76. The second-order valence-electron chi connectivity index (χ2n) is 7.34. The number of anilines is 1. The molecule has 144 valence electrons. The molecule has 1 aromatic heterocycles. The summed E-state index contributed by atoms with van der Waals surface area (Å²) in [4.78, 5) is 12.6. The lowest BCUT2D eigenvalue weighted by Gasteiger charge is -2.11. The maximum Gasteiger partial charge on any atom is 0.277 e. The highest BCUT2D eigenvalue weighted by molar-refractivity contribution is 8.00. The van der Waals surface area contributed by atoms with Gasteiger partial charge in [-0.05, 0) is 75.4 Å². The van der Waals surface area contributed by atoms with Crippen molar-refractivity contribution in [1.29, 1.82) is 0 Å².